The number of carbonyl (C=O) groups is 2. The monoisotopic (exact) mass is 335 g/mol. The van der Waals surface area contributed by atoms with Crippen LogP contribution in [-0.4, -0.2) is 45.5 Å². The molecule has 0 aromatic heterocycles. The fourth-order valence-corrected chi connectivity index (χ4v) is 1.40. The Morgan fingerprint density at radius 1 is 1.08 bits per heavy atom. The second-order valence-corrected chi connectivity index (χ2v) is 4.55. The molecule has 1 amide bonds. The number of amides is 1. The summed E-state index contributed by atoms with van der Waals surface area (Å²) >= 11 is 0. The first kappa shape index (κ1) is 20.9. The van der Waals surface area contributed by atoms with Gasteiger partial charge in [0.15, 0.2) is 0 Å². The molecule has 5 N–H and O–H groups in total. The molecule has 7 nitrogen and oxygen atoms in total. The van der Waals surface area contributed by atoms with E-state index < -0.39 is 18.5 Å². The molecule has 0 aliphatic carbocycles. The third kappa shape index (κ3) is 9.80. The van der Waals surface area contributed by atoms with E-state index in [9.17, 15) is 14.7 Å². The van der Waals surface area contributed by atoms with Crippen molar-refractivity contribution in [2.24, 2.45) is 0 Å². The molecule has 0 unspecified atom stereocenters. The zero-order valence-electron chi connectivity index (χ0n) is 13.1. The highest BCUT2D eigenvalue weighted by molar-refractivity contribution is 5.80. The van der Waals surface area contributed by atoms with Crippen LogP contribution in [0, 0.1) is 0 Å². The van der Waals surface area contributed by atoms with Crippen molar-refractivity contribution >= 4 is 11.9 Å². The first-order valence-electron chi connectivity index (χ1n) is 6.87. The van der Waals surface area contributed by atoms with Gasteiger partial charge in [0, 0.05) is 18.2 Å². The van der Waals surface area contributed by atoms with E-state index in [1.165, 1.54) is 24.3 Å². The molecule has 0 aromatic carbocycles. The van der Waals surface area contributed by atoms with Gasteiger partial charge >= 0.3 is 5.97 Å². The standard InChI is InChI=1S/C17H21NO6/c1-3-13(5-4-6-17(23)24)10-18-16(22)9-14(12(2)20)7-8-15(21)11-19/h3-8,19-21H,1-2,9-11H2,(H,18,22)(H,23,24)/b6-4+,13-5+,14-7-,15-8+. The van der Waals surface area contributed by atoms with Crippen LogP contribution in [0.25, 0.3) is 0 Å². The molecule has 0 aliphatic rings. The number of rotatable bonds is 10. The summed E-state index contributed by atoms with van der Waals surface area (Å²) in [7, 11) is 0. The summed E-state index contributed by atoms with van der Waals surface area (Å²) in [4.78, 5) is 22.2. The number of nitrogens with one attached hydrogen (secondary N) is 1. The van der Waals surface area contributed by atoms with Gasteiger partial charge in [0.05, 0.1) is 6.42 Å². The van der Waals surface area contributed by atoms with Crippen molar-refractivity contribution in [3.63, 3.8) is 0 Å². The number of aliphatic hydroxyl groups is 3. The minimum Gasteiger partial charge on any atom is -0.510 e. The highest BCUT2D eigenvalue weighted by atomic mass is 16.4. The molecule has 24 heavy (non-hydrogen) atoms. The van der Waals surface area contributed by atoms with Gasteiger partial charge in [0.1, 0.15) is 18.1 Å². The lowest BCUT2D eigenvalue weighted by molar-refractivity contribution is -0.131. The Morgan fingerprint density at radius 2 is 1.75 bits per heavy atom. The number of aliphatic carboxylic acids is 1. The number of hydrogen-bond donors (Lipinski definition) is 5. The zero-order valence-corrected chi connectivity index (χ0v) is 13.1. The molecular formula is C17H21NO6. The quantitative estimate of drug-likeness (QED) is 0.235. The van der Waals surface area contributed by atoms with Crippen molar-refractivity contribution in [2.75, 3.05) is 13.2 Å². The van der Waals surface area contributed by atoms with E-state index in [0.29, 0.717) is 5.57 Å². The van der Waals surface area contributed by atoms with Crippen molar-refractivity contribution < 1.29 is 30.0 Å². The summed E-state index contributed by atoms with van der Waals surface area (Å²) in [6.45, 7) is 6.44. The molecule has 0 aromatic rings. The number of carbonyl (C=O) groups excluding carboxylic acids is 1. The van der Waals surface area contributed by atoms with E-state index in [2.05, 4.69) is 18.5 Å². The predicted molar refractivity (Wildman–Crippen MR) is 90.3 cm³/mol. The van der Waals surface area contributed by atoms with E-state index in [-0.39, 0.29) is 30.1 Å². The van der Waals surface area contributed by atoms with Crippen LogP contribution in [0.5, 0.6) is 0 Å². The van der Waals surface area contributed by atoms with Crippen LogP contribution in [0.15, 0.2) is 72.3 Å². The SMILES string of the molecule is C=C/C(=C\C=C\C(=O)O)CNC(=O)C/C(=C/C=C(/O)CO)C(=C)O. The van der Waals surface area contributed by atoms with Gasteiger partial charge in [-0.15, -0.1) is 0 Å². The molecule has 0 saturated carbocycles. The Hall–Kier alpha value is -3.06. The molecule has 0 aliphatic heterocycles. The number of carboxylic acid groups (broad SMARTS) is 1. The van der Waals surface area contributed by atoms with Crippen molar-refractivity contribution in [3.8, 4) is 0 Å². The maximum atomic E-state index is 11.9. The first-order valence-corrected chi connectivity index (χ1v) is 6.87. The molecule has 7 heteroatoms. The molecule has 0 atom stereocenters. The molecule has 0 bridgehead atoms. The van der Waals surface area contributed by atoms with Gasteiger partial charge in [-0.05, 0) is 11.6 Å². The third-order valence-electron chi connectivity index (χ3n) is 2.66. The maximum Gasteiger partial charge on any atom is 0.328 e. The summed E-state index contributed by atoms with van der Waals surface area (Å²) < 4.78 is 0. The van der Waals surface area contributed by atoms with Crippen molar-refractivity contribution in [1.82, 2.24) is 5.32 Å². The summed E-state index contributed by atoms with van der Waals surface area (Å²) in [6.07, 6.45) is 7.45. The normalized spacial score (nSPS) is 13.0. The van der Waals surface area contributed by atoms with E-state index in [4.69, 9.17) is 15.3 Å². The summed E-state index contributed by atoms with van der Waals surface area (Å²) in [5, 5.41) is 38.3. The number of carboxylic acids is 1. The molecular weight excluding hydrogens is 314 g/mol. The fraction of sp³-hybridized carbons (Fsp3) is 0.176. The summed E-state index contributed by atoms with van der Waals surface area (Å²) in [5.74, 6) is -2.18. The fourth-order valence-electron chi connectivity index (χ4n) is 1.40. The lowest BCUT2D eigenvalue weighted by Gasteiger charge is -2.08. The van der Waals surface area contributed by atoms with Gasteiger partial charge in [-0.3, -0.25) is 4.79 Å². The van der Waals surface area contributed by atoms with Gasteiger partial charge < -0.3 is 25.7 Å². The van der Waals surface area contributed by atoms with E-state index in [0.717, 1.165) is 12.2 Å². The van der Waals surface area contributed by atoms with Crippen LogP contribution in [-0.2, 0) is 9.59 Å². The highest BCUT2D eigenvalue weighted by Crippen LogP contribution is 2.10. The lowest BCUT2D eigenvalue weighted by atomic mass is 10.1. The lowest BCUT2D eigenvalue weighted by Crippen LogP contribution is -2.25. The van der Waals surface area contributed by atoms with Gasteiger partial charge in [0.25, 0.3) is 0 Å². The van der Waals surface area contributed by atoms with Crippen molar-refractivity contribution in [2.45, 2.75) is 6.42 Å². The molecule has 0 radical (unpaired) electrons. The molecule has 0 spiro atoms. The Balaban J connectivity index is 4.77. The molecule has 0 fully saturated rings. The second-order valence-electron chi connectivity index (χ2n) is 4.55. The number of allylic oxidation sites excluding steroid dienone is 5. The number of aliphatic hydroxyl groups excluding tert-OH is 3. The van der Waals surface area contributed by atoms with Crippen molar-refractivity contribution in [3.05, 3.63) is 72.3 Å². The molecule has 0 heterocycles. The van der Waals surface area contributed by atoms with E-state index >= 15 is 0 Å². The smallest absolute Gasteiger partial charge is 0.328 e. The van der Waals surface area contributed by atoms with Gasteiger partial charge in [-0.2, -0.15) is 0 Å². The van der Waals surface area contributed by atoms with Crippen molar-refractivity contribution in [1.29, 1.82) is 0 Å². The Morgan fingerprint density at radius 3 is 2.25 bits per heavy atom. The minimum atomic E-state index is -1.09. The number of hydrogen-bond acceptors (Lipinski definition) is 5. The van der Waals surface area contributed by atoms with Gasteiger partial charge in [0.2, 0.25) is 5.91 Å². The Kier molecular flexibility index (Phi) is 10.0. The van der Waals surface area contributed by atoms with E-state index in [1.807, 2.05) is 0 Å². The largest absolute Gasteiger partial charge is 0.510 e. The molecule has 130 valence electrons. The average Bonchev–Trinajstić information content (AvgIpc) is 2.53. The Labute approximate surface area is 139 Å². The zero-order chi connectivity index (χ0) is 18.5. The molecule has 0 rings (SSSR count). The van der Waals surface area contributed by atoms with Gasteiger partial charge in [-0.25, -0.2) is 4.79 Å². The van der Waals surface area contributed by atoms with Gasteiger partial charge in [-0.1, -0.05) is 37.5 Å². The summed E-state index contributed by atoms with van der Waals surface area (Å²) in [5.41, 5.74) is 0.759. The van der Waals surface area contributed by atoms with Crippen LogP contribution in [0.4, 0.5) is 0 Å². The van der Waals surface area contributed by atoms with Crippen LogP contribution in [0.2, 0.25) is 0 Å². The average molecular weight is 335 g/mol. The highest BCUT2D eigenvalue weighted by Gasteiger charge is 2.08. The van der Waals surface area contributed by atoms with E-state index in [1.54, 1.807) is 0 Å². The Bertz CT molecular complexity index is 611. The second kappa shape index (κ2) is 11.5. The van der Waals surface area contributed by atoms with Crippen LogP contribution in [0.3, 0.4) is 0 Å². The predicted octanol–water partition coefficient (Wildman–Crippen LogP) is 1.68. The minimum absolute atomic E-state index is 0.120. The maximum absolute atomic E-state index is 11.9. The molecule has 0 saturated heterocycles. The van der Waals surface area contributed by atoms with Crippen LogP contribution in [0.1, 0.15) is 6.42 Å². The first-order chi connectivity index (χ1) is 11.3. The summed E-state index contributed by atoms with van der Waals surface area (Å²) in [6, 6.07) is 0. The third-order valence-corrected chi connectivity index (χ3v) is 2.66. The topological polar surface area (TPSA) is 127 Å². The van der Waals surface area contributed by atoms with Crippen LogP contribution >= 0.6 is 0 Å². The van der Waals surface area contributed by atoms with Crippen LogP contribution < -0.4 is 5.32 Å².